The number of fused-ring (bicyclic) bond motifs is 1. The van der Waals surface area contributed by atoms with Gasteiger partial charge in [-0.1, -0.05) is 6.92 Å². The highest BCUT2D eigenvalue weighted by Gasteiger charge is 2.34. The first-order valence-corrected chi connectivity index (χ1v) is 12.4. The lowest BCUT2D eigenvalue weighted by Gasteiger charge is -2.21. The Hall–Kier alpha value is -4.50. The Balaban J connectivity index is 1.47. The maximum atomic E-state index is 12.4. The molecule has 0 bridgehead atoms. The molecule has 5 heterocycles. The first-order valence-electron chi connectivity index (χ1n) is 12.4. The molecule has 1 saturated heterocycles. The molecule has 0 aliphatic carbocycles. The fourth-order valence-electron chi connectivity index (χ4n) is 4.89. The number of aromatic nitrogens is 6. The van der Waals surface area contributed by atoms with Crippen LogP contribution in [0.15, 0.2) is 43.2 Å². The predicted octanol–water partition coefficient (Wildman–Crippen LogP) is 2.06. The number of rotatable bonds is 8. The molecule has 12 nitrogen and oxygen atoms in total. The Bertz CT molecular complexity index is 1510. The summed E-state index contributed by atoms with van der Waals surface area (Å²) in [5.41, 5.74) is 8.65. The summed E-state index contributed by atoms with van der Waals surface area (Å²) >= 11 is 0. The highest BCUT2D eigenvalue weighted by molar-refractivity contribution is 6.02. The highest BCUT2D eigenvalue weighted by atomic mass is 16.3. The molecule has 0 spiro atoms. The van der Waals surface area contributed by atoms with E-state index in [2.05, 4.69) is 37.3 Å². The molecule has 0 aromatic carbocycles. The SMILES string of the molecule is CC[C@H]1CN(c2ncc(C#N)cn2)C[C@H]1Nc1c(C(N)=O)cnn2cc(-c3cnn(CC(C)(C)O)c3)cc12. The lowest BCUT2D eigenvalue weighted by molar-refractivity contribution is 0.0577. The summed E-state index contributed by atoms with van der Waals surface area (Å²) in [5.74, 6) is 0.258. The molecule has 2 atom stereocenters. The zero-order valence-corrected chi connectivity index (χ0v) is 21.5. The van der Waals surface area contributed by atoms with E-state index in [4.69, 9.17) is 11.0 Å². The Morgan fingerprint density at radius 3 is 2.61 bits per heavy atom. The second-order valence-electron chi connectivity index (χ2n) is 10.3. The summed E-state index contributed by atoms with van der Waals surface area (Å²) in [6.45, 7) is 7.30. The smallest absolute Gasteiger partial charge is 0.252 e. The normalized spacial score (nSPS) is 17.6. The molecular weight excluding hydrogens is 484 g/mol. The van der Waals surface area contributed by atoms with Crippen molar-refractivity contribution >= 4 is 23.1 Å². The standard InChI is InChI=1S/C26H30N10O2/c1-4-17-11-34(25-29-7-16(6-27)8-30-25)14-21(17)33-23-20(24(28)37)10-32-36-13-18(5-22(23)36)19-9-31-35(12-19)15-26(2,3)38/h5,7-10,12-13,17,21,33,38H,4,11,14-15H2,1-3H3,(H2,28,37)/t17-,21+/m0/s1. The molecule has 1 aliphatic rings. The van der Waals surface area contributed by atoms with Gasteiger partial charge >= 0.3 is 0 Å². The van der Waals surface area contributed by atoms with Crippen molar-refractivity contribution in [1.82, 2.24) is 29.4 Å². The number of nitrogens with two attached hydrogens (primary N) is 1. The average Bonchev–Trinajstić information content (AvgIpc) is 3.61. The van der Waals surface area contributed by atoms with Gasteiger partial charge in [-0.2, -0.15) is 15.5 Å². The molecule has 0 saturated carbocycles. The summed E-state index contributed by atoms with van der Waals surface area (Å²) in [5, 5.41) is 31.6. The van der Waals surface area contributed by atoms with Gasteiger partial charge < -0.3 is 21.1 Å². The number of nitrogens with one attached hydrogen (secondary N) is 1. The molecule has 5 rings (SSSR count). The first-order chi connectivity index (χ1) is 18.1. The van der Waals surface area contributed by atoms with Gasteiger partial charge in [0.25, 0.3) is 5.91 Å². The third kappa shape index (κ3) is 5.01. The molecule has 38 heavy (non-hydrogen) atoms. The summed E-state index contributed by atoms with van der Waals surface area (Å²) in [6, 6.07) is 3.99. The van der Waals surface area contributed by atoms with Crippen LogP contribution in [0.3, 0.4) is 0 Å². The second-order valence-corrected chi connectivity index (χ2v) is 10.3. The second kappa shape index (κ2) is 9.75. The van der Waals surface area contributed by atoms with E-state index in [1.54, 1.807) is 29.2 Å². The van der Waals surface area contributed by atoms with Crippen LogP contribution in [-0.2, 0) is 6.54 Å². The van der Waals surface area contributed by atoms with Crippen LogP contribution in [0.2, 0.25) is 0 Å². The van der Waals surface area contributed by atoms with Crippen molar-refractivity contribution in [1.29, 1.82) is 5.26 Å². The van der Waals surface area contributed by atoms with Crippen molar-refractivity contribution in [2.45, 2.75) is 45.4 Å². The van der Waals surface area contributed by atoms with Crippen molar-refractivity contribution in [3.05, 3.63) is 54.4 Å². The molecule has 4 aromatic rings. The van der Waals surface area contributed by atoms with E-state index in [0.717, 1.165) is 29.6 Å². The van der Waals surface area contributed by atoms with Gasteiger partial charge in [0.2, 0.25) is 5.95 Å². The molecule has 1 fully saturated rings. The van der Waals surface area contributed by atoms with E-state index < -0.39 is 11.5 Å². The Morgan fingerprint density at radius 1 is 1.18 bits per heavy atom. The van der Waals surface area contributed by atoms with Crippen LogP contribution in [0, 0.1) is 17.2 Å². The number of anilines is 2. The van der Waals surface area contributed by atoms with Crippen LogP contribution in [0.5, 0.6) is 0 Å². The van der Waals surface area contributed by atoms with Gasteiger partial charge in [0, 0.05) is 42.7 Å². The van der Waals surface area contributed by atoms with E-state index in [0.29, 0.717) is 35.9 Å². The lowest BCUT2D eigenvalue weighted by Crippen LogP contribution is -2.31. The molecule has 1 aliphatic heterocycles. The fourth-order valence-corrected chi connectivity index (χ4v) is 4.89. The molecule has 12 heteroatoms. The minimum Gasteiger partial charge on any atom is -0.389 e. The van der Waals surface area contributed by atoms with Gasteiger partial charge in [0.15, 0.2) is 0 Å². The van der Waals surface area contributed by atoms with Crippen LogP contribution in [0.25, 0.3) is 16.6 Å². The van der Waals surface area contributed by atoms with E-state index in [1.807, 2.05) is 24.5 Å². The number of carbonyl (C=O) groups is 1. The Labute approximate surface area is 219 Å². The molecule has 4 N–H and O–H groups in total. The zero-order chi connectivity index (χ0) is 27.0. The van der Waals surface area contributed by atoms with Crippen molar-refractivity contribution in [2.75, 3.05) is 23.3 Å². The summed E-state index contributed by atoms with van der Waals surface area (Å²) in [4.78, 5) is 23.2. The minimum atomic E-state index is -0.891. The quantitative estimate of drug-likeness (QED) is 0.319. The number of hydrogen-bond acceptors (Lipinski definition) is 9. The molecule has 1 amide bonds. The lowest BCUT2D eigenvalue weighted by atomic mass is 10.00. The zero-order valence-electron chi connectivity index (χ0n) is 21.5. The number of hydrogen-bond donors (Lipinski definition) is 3. The minimum absolute atomic E-state index is 0.00331. The Morgan fingerprint density at radius 2 is 1.95 bits per heavy atom. The molecule has 0 unspecified atom stereocenters. The number of nitrogens with zero attached hydrogens (tertiary/aromatic N) is 8. The van der Waals surface area contributed by atoms with Crippen LogP contribution in [0.1, 0.15) is 43.1 Å². The van der Waals surface area contributed by atoms with Crippen LogP contribution >= 0.6 is 0 Å². The Kier molecular flexibility index (Phi) is 6.46. The average molecular weight is 515 g/mol. The first kappa shape index (κ1) is 25.2. The van der Waals surface area contributed by atoms with Crippen LogP contribution < -0.4 is 16.0 Å². The van der Waals surface area contributed by atoms with Crippen molar-refractivity contribution < 1.29 is 9.90 Å². The van der Waals surface area contributed by atoms with Gasteiger partial charge in [0.1, 0.15) is 6.07 Å². The number of primary amides is 1. The highest BCUT2D eigenvalue weighted by Crippen LogP contribution is 2.32. The largest absolute Gasteiger partial charge is 0.389 e. The fraction of sp³-hybridized carbons (Fsp3) is 0.385. The van der Waals surface area contributed by atoms with Crippen LogP contribution in [0.4, 0.5) is 11.6 Å². The van der Waals surface area contributed by atoms with Gasteiger partial charge in [-0.3, -0.25) is 9.48 Å². The summed E-state index contributed by atoms with van der Waals surface area (Å²) in [6.07, 6.45) is 10.9. The van der Waals surface area contributed by atoms with Crippen molar-refractivity contribution in [2.24, 2.45) is 11.7 Å². The maximum absolute atomic E-state index is 12.4. The van der Waals surface area contributed by atoms with E-state index in [9.17, 15) is 9.90 Å². The number of carbonyl (C=O) groups excluding carboxylic acids is 1. The third-order valence-electron chi connectivity index (χ3n) is 6.76. The van der Waals surface area contributed by atoms with Gasteiger partial charge in [-0.25, -0.2) is 14.5 Å². The van der Waals surface area contributed by atoms with Crippen molar-refractivity contribution in [3.63, 3.8) is 0 Å². The third-order valence-corrected chi connectivity index (χ3v) is 6.76. The molecular formula is C26H30N10O2. The van der Waals surface area contributed by atoms with Crippen molar-refractivity contribution in [3.8, 4) is 17.2 Å². The monoisotopic (exact) mass is 514 g/mol. The number of nitriles is 1. The van der Waals surface area contributed by atoms with Gasteiger partial charge in [-0.15, -0.1) is 0 Å². The molecule has 4 aromatic heterocycles. The van der Waals surface area contributed by atoms with Crippen LogP contribution in [-0.4, -0.2) is 65.1 Å². The maximum Gasteiger partial charge on any atom is 0.252 e. The van der Waals surface area contributed by atoms with Gasteiger partial charge in [0.05, 0.1) is 59.3 Å². The molecule has 0 radical (unpaired) electrons. The topological polar surface area (TPSA) is 163 Å². The van der Waals surface area contributed by atoms with E-state index in [-0.39, 0.29) is 12.0 Å². The number of aliphatic hydroxyl groups is 1. The molecule has 196 valence electrons. The van der Waals surface area contributed by atoms with E-state index in [1.165, 1.54) is 18.6 Å². The summed E-state index contributed by atoms with van der Waals surface area (Å²) < 4.78 is 3.41. The van der Waals surface area contributed by atoms with Gasteiger partial charge in [-0.05, 0) is 32.3 Å². The summed E-state index contributed by atoms with van der Waals surface area (Å²) in [7, 11) is 0. The van der Waals surface area contributed by atoms with E-state index >= 15 is 0 Å². The number of amides is 1. The predicted molar refractivity (Wildman–Crippen MR) is 141 cm³/mol.